The minimum absolute atomic E-state index is 0. The summed E-state index contributed by atoms with van der Waals surface area (Å²) in [4.78, 5) is 26.4. The molecule has 0 unspecified atom stereocenters. The molecule has 2 aliphatic rings. The highest BCUT2D eigenvalue weighted by molar-refractivity contribution is 6.05. The van der Waals surface area contributed by atoms with Crippen LogP contribution in [-0.2, 0) is 4.79 Å². The number of hydrogen-bond donors (Lipinski definition) is 2. The van der Waals surface area contributed by atoms with E-state index >= 15 is 0 Å². The minimum atomic E-state index is -0.174. The fraction of sp³-hybridized carbons (Fsp3) is 0.333. The number of hydrogen-bond acceptors (Lipinski definition) is 3. The van der Waals surface area contributed by atoms with Crippen molar-refractivity contribution in [1.29, 1.82) is 0 Å². The zero-order chi connectivity index (χ0) is 18.1. The Morgan fingerprint density at radius 2 is 1.85 bits per heavy atom. The number of amides is 2. The molecule has 0 bridgehead atoms. The SMILES string of the molecule is Cl.N[C@@H]1C[C@H]1c1ccc(NC(=O)c2cccc(N3CCCCC3=O)c2)cc1. The van der Waals surface area contributed by atoms with Crippen LogP contribution in [0.1, 0.15) is 47.5 Å². The van der Waals surface area contributed by atoms with Gasteiger partial charge in [-0.05, 0) is 55.2 Å². The van der Waals surface area contributed by atoms with Gasteiger partial charge in [-0.2, -0.15) is 0 Å². The third-order valence-corrected chi connectivity index (χ3v) is 5.18. The molecule has 3 N–H and O–H groups in total. The van der Waals surface area contributed by atoms with Crippen LogP contribution in [0, 0.1) is 0 Å². The monoisotopic (exact) mass is 385 g/mol. The van der Waals surface area contributed by atoms with Gasteiger partial charge in [-0.25, -0.2) is 0 Å². The van der Waals surface area contributed by atoms with Crippen LogP contribution in [0.3, 0.4) is 0 Å². The van der Waals surface area contributed by atoms with Crippen molar-refractivity contribution in [3.63, 3.8) is 0 Å². The first-order valence-corrected chi connectivity index (χ1v) is 9.19. The highest BCUT2D eigenvalue weighted by atomic mass is 35.5. The molecule has 2 amide bonds. The zero-order valence-corrected chi connectivity index (χ0v) is 15.9. The Labute approximate surface area is 165 Å². The Bertz CT molecular complexity index is 838. The van der Waals surface area contributed by atoms with Crippen molar-refractivity contribution in [1.82, 2.24) is 0 Å². The summed E-state index contributed by atoms with van der Waals surface area (Å²) in [7, 11) is 0. The fourth-order valence-corrected chi connectivity index (χ4v) is 3.51. The van der Waals surface area contributed by atoms with Gasteiger partial charge in [-0.15, -0.1) is 12.4 Å². The summed E-state index contributed by atoms with van der Waals surface area (Å²) in [5.74, 6) is 0.411. The first-order valence-electron chi connectivity index (χ1n) is 9.19. The van der Waals surface area contributed by atoms with Crippen molar-refractivity contribution < 1.29 is 9.59 Å². The average Bonchev–Trinajstić information content (AvgIpc) is 3.39. The Morgan fingerprint density at radius 1 is 1.11 bits per heavy atom. The Hall–Kier alpha value is -2.37. The van der Waals surface area contributed by atoms with E-state index in [1.807, 2.05) is 36.4 Å². The molecule has 1 saturated carbocycles. The van der Waals surface area contributed by atoms with Gasteiger partial charge in [0, 0.05) is 41.9 Å². The third kappa shape index (κ3) is 4.31. The van der Waals surface area contributed by atoms with Crippen LogP contribution in [0.2, 0.25) is 0 Å². The van der Waals surface area contributed by atoms with Crippen LogP contribution in [0.25, 0.3) is 0 Å². The normalized spacial score (nSPS) is 21.4. The van der Waals surface area contributed by atoms with Crippen LogP contribution < -0.4 is 16.0 Å². The van der Waals surface area contributed by atoms with E-state index in [4.69, 9.17) is 5.73 Å². The molecule has 0 spiro atoms. The van der Waals surface area contributed by atoms with Gasteiger partial charge >= 0.3 is 0 Å². The molecule has 2 aromatic carbocycles. The predicted molar refractivity (Wildman–Crippen MR) is 110 cm³/mol. The maximum atomic E-state index is 12.6. The molecule has 1 saturated heterocycles. The number of anilines is 2. The Kier molecular flexibility index (Phi) is 5.82. The van der Waals surface area contributed by atoms with E-state index in [-0.39, 0.29) is 30.3 Å². The Balaban J connectivity index is 0.00000210. The second kappa shape index (κ2) is 8.11. The molecule has 1 heterocycles. The molecule has 2 fully saturated rings. The molecule has 27 heavy (non-hydrogen) atoms. The van der Waals surface area contributed by atoms with Gasteiger partial charge in [-0.1, -0.05) is 18.2 Å². The summed E-state index contributed by atoms with van der Waals surface area (Å²) in [6.45, 7) is 0.717. The molecule has 2 aromatic rings. The molecule has 0 radical (unpaired) electrons. The topological polar surface area (TPSA) is 75.4 Å². The summed E-state index contributed by atoms with van der Waals surface area (Å²) < 4.78 is 0. The van der Waals surface area contributed by atoms with Gasteiger partial charge in [0.05, 0.1) is 0 Å². The van der Waals surface area contributed by atoms with Gasteiger partial charge < -0.3 is 16.0 Å². The lowest BCUT2D eigenvalue weighted by Gasteiger charge is -2.27. The number of carbonyl (C=O) groups excluding carboxylic acids is 2. The summed E-state index contributed by atoms with van der Waals surface area (Å²) in [5.41, 5.74) is 9.20. The largest absolute Gasteiger partial charge is 0.327 e. The minimum Gasteiger partial charge on any atom is -0.327 e. The van der Waals surface area contributed by atoms with Crippen LogP contribution in [-0.4, -0.2) is 24.4 Å². The number of nitrogens with zero attached hydrogens (tertiary/aromatic N) is 1. The van der Waals surface area contributed by atoms with Crippen molar-refractivity contribution in [3.05, 3.63) is 59.7 Å². The molecule has 4 rings (SSSR count). The molecule has 6 heteroatoms. The standard InChI is InChI=1S/C21H23N3O2.ClH/c22-19-13-18(19)14-7-9-16(10-8-14)23-21(26)15-4-3-5-17(12-15)24-11-2-1-6-20(24)25;/h3-5,7-10,12,18-19H,1-2,6,11,13,22H2,(H,23,26);1H/t18-,19+;/m0./s1. The summed E-state index contributed by atoms with van der Waals surface area (Å²) in [5, 5.41) is 2.92. The second-order valence-electron chi connectivity index (χ2n) is 7.13. The number of halogens is 1. The lowest BCUT2D eigenvalue weighted by molar-refractivity contribution is -0.119. The van der Waals surface area contributed by atoms with E-state index < -0.39 is 0 Å². The van der Waals surface area contributed by atoms with Crippen LogP contribution in [0.4, 0.5) is 11.4 Å². The quantitative estimate of drug-likeness (QED) is 0.842. The molecule has 2 atom stereocenters. The maximum absolute atomic E-state index is 12.6. The van der Waals surface area contributed by atoms with E-state index in [1.165, 1.54) is 5.56 Å². The number of nitrogens with two attached hydrogens (primary N) is 1. The average molecular weight is 386 g/mol. The van der Waals surface area contributed by atoms with Gasteiger partial charge in [0.15, 0.2) is 0 Å². The number of benzene rings is 2. The highest BCUT2D eigenvalue weighted by Gasteiger charge is 2.34. The highest BCUT2D eigenvalue weighted by Crippen LogP contribution is 2.39. The summed E-state index contributed by atoms with van der Waals surface area (Å²) in [6, 6.07) is 15.4. The first kappa shape index (κ1) is 19.4. The summed E-state index contributed by atoms with van der Waals surface area (Å²) >= 11 is 0. The molecule has 1 aliphatic heterocycles. The molecule has 142 valence electrons. The van der Waals surface area contributed by atoms with Crippen LogP contribution in [0.5, 0.6) is 0 Å². The summed E-state index contributed by atoms with van der Waals surface area (Å²) in [6.07, 6.45) is 3.55. The number of rotatable bonds is 4. The van der Waals surface area contributed by atoms with E-state index in [2.05, 4.69) is 5.32 Å². The van der Waals surface area contributed by atoms with Crippen molar-refractivity contribution >= 4 is 35.6 Å². The van der Waals surface area contributed by atoms with Gasteiger partial charge in [-0.3, -0.25) is 9.59 Å². The van der Waals surface area contributed by atoms with Crippen LogP contribution in [0.15, 0.2) is 48.5 Å². The maximum Gasteiger partial charge on any atom is 0.255 e. The number of carbonyl (C=O) groups is 2. The van der Waals surface area contributed by atoms with Crippen molar-refractivity contribution in [2.75, 3.05) is 16.8 Å². The van der Waals surface area contributed by atoms with Gasteiger partial charge in [0.1, 0.15) is 0 Å². The molecular weight excluding hydrogens is 362 g/mol. The van der Waals surface area contributed by atoms with E-state index in [1.54, 1.807) is 17.0 Å². The third-order valence-electron chi connectivity index (χ3n) is 5.18. The molecular formula is C21H24ClN3O2. The van der Waals surface area contributed by atoms with Crippen molar-refractivity contribution in [2.45, 2.75) is 37.6 Å². The number of piperidine rings is 1. The van der Waals surface area contributed by atoms with Crippen LogP contribution >= 0.6 is 12.4 Å². The zero-order valence-electron chi connectivity index (χ0n) is 15.1. The van der Waals surface area contributed by atoms with E-state index in [0.717, 1.165) is 30.6 Å². The Morgan fingerprint density at radius 3 is 2.52 bits per heavy atom. The number of nitrogens with one attached hydrogen (secondary N) is 1. The molecule has 5 nitrogen and oxygen atoms in total. The molecule has 0 aromatic heterocycles. The molecule has 1 aliphatic carbocycles. The fourth-order valence-electron chi connectivity index (χ4n) is 3.51. The van der Waals surface area contributed by atoms with E-state index in [9.17, 15) is 9.59 Å². The first-order chi connectivity index (χ1) is 12.6. The van der Waals surface area contributed by atoms with Gasteiger partial charge in [0.2, 0.25) is 5.91 Å². The lowest BCUT2D eigenvalue weighted by Crippen LogP contribution is -2.35. The lowest BCUT2D eigenvalue weighted by atomic mass is 10.1. The van der Waals surface area contributed by atoms with Gasteiger partial charge in [0.25, 0.3) is 5.91 Å². The van der Waals surface area contributed by atoms with Crippen molar-refractivity contribution in [3.8, 4) is 0 Å². The van der Waals surface area contributed by atoms with E-state index in [0.29, 0.717) is 24.4 Å². The smallest absolute Gasteiger partial charge is 0.255 e. The second-order valence-corrected chi connectivity index (χ2v) is 7.13. The van der Waals surface area contributed by atoms with Crippen molar-refractivity contribution in [2.24, 2.45) is 5.73 Å². The predicted octanol–water partition coefficient (Wildman–Crippen LogP) is 3.69.